The summed E-state index contributed by atoms with van der Waals surface area (Å²) in [6.07, 6.45) is 9.50. The number of amides is 1. The predicted molar refractivity (Wildman–Crippen MR) is 97.1 cm³/mol. The van der Waals surface area contributed by atoms with Crippen molar-refractivity contribution < 1.29 is 4.79 Å². The third kappa shape index (κ3) is 4.56. The second kappa shape index (κ2) is 7.64. The van der Waals surface area contributed by atoms with Crippen molar-refractivity contribution in [3.8, 4) is 0 Å². The quantitative estimate of drug-likeness (QED) is 0.654. The number of hydrogen-bond donors (Lipinski definition) is 1. The Hall–Kier alpha value is -2.42. The first kappa shape index (κ1) is 17.4. The van der Waals surface area contributed by atoms with Gasteiger partial charge in [-0.25, -0.2) is 0 Å². The highest BCUT2D eigenvalue weighted by Crippen LogP contribution is 2.13. The van der Waals surface area contributed by atoms with Gasteiger partial charge in [-0.2, -0.15) is 15.3 Å². The first-order valence-corrected chi connectivity index (χ1v) is 8.86. The second-order valence-corrected chi connectivity index (χ2v) is 6.61. The van der Waals surface area contributed by atoms with Crippen molar-refractivity contribution in [3.63, 3.8) is 0 Å². The number of nitrogens with zero attached hydrogens (tertiary/aromatic N) is 6. The molecule has 0 unspecified atom stereocenters. The summed E-state index contributed by atoms with van der Waals surface area (Å²) in [6, 6.07) is 0. The summed E-state index contributed by atoms with van der Waals surface area (Å²) >= 11 is 3.41. The second-order valence-electron chi connectivity index (χ2n) is 5.75. The van der Waals surface area contributed by atoms with Crippen LogP contribution in [0.25, 0.3) is 0 Å². The van der Waals surface area contributed by atoms with Gasteiger partial charge >= 0.3 is 0 Å². The van der Waals surface area contributed by atoms with Crippen molar-refractivity contribution >= 4 is 27.5 Å². The molecular weight excluding hydrogens is 386 g/mol. The molecule has 25 heavy (non-hydrogen) atoms. The van der Waals surface area contributed by atoms with Crippen LogP contribution in [0.4, 0.5) is 5.69 Å². The molecule has 0 spiro atoms. The maximum Gasteiger partial charge on any atom is 0.226 e. The van der Waals surface area contributed by atoms with Gasteiger partial charge in [-0.1, -0.05) is 0 Å². The lowest BCUT2D eigenvalue weighted by atomic mass is 10.3. The van der Waals surface area contributed by atoms with Gasteiger partial charge in [-0.15, -0.1) is 0 Å². The van der Waals surface area contributed by atoms with E-state index < -0.39 is 0 Å². The molecule has 0 aliphatic carbocycles. The summed E-state index contributed by atoms with van der Waals surface area (Å²) in [7, 11) is 0. The van der Waals surface area contributed by atoms with Crippen LogP contribution < -0.4 is 5.32 Å². The summed E-state index contributed by atoms with van der Waals surface area (Å²) < 4.78 is 6.35. The van der Waals surface area contributed by atoms with Gasteiger partial charge in [0.1, 0.15) is 0 Å². The maximum atomic E-state index is 12.1. The van der Waals surface area contributed by atoms with E-state index in [4.69, 9.17) is 0 Å². The molecule has 3 aromatic heterocycles. The Morgan fingerprint density at radius 2 is 1.96 bits per heavy atom. The Labute approximate surface area is 154 Å². The van der Waals surface area contributed by atoms with E-state index in [0.717, 1.165) is 22.3 Å². The Balaban J connectivity index is 1.51. The van der Waals surface area contributed by atoms with E-state index >= 15 is 0 Å². The van der Waals surface area contributed by atoms with Gasteiger partial charge in [-0.05, 0) is 29.8 Å². The molecule has 8 nitrogen and oxygen atoms in total. The third-order valence-corrected chi connectivity index (χ3v) is 4.51. The molecule has 0 saturated heterocycles. The lowest BCUT2D eigenvalue weighted by Crippen LogP contribution is -2.14. The number of aryl methyl sites for hydroxylation is 3. The van der Waals surface area contributed by atoms with Crippen molar-refractivity contribution in [1.29, 1.82) is 0 Å². The number of anilines is 1. The molecule has 0 atom stereocenters. The third-order valence-electron chi connectivity index (χ3n) is 3.73. The molecule has 0 radical (unpaired) electrons. The molecule has 0 bridgehead atoms. The highest BCUT2D eigenvalue weighted by Gasteiger charge is 2.08. The number of carbonyl (C=O) groups is 1. The summed E-state index contributed by atoms with van der Waals surface area (Å²) in [5.74, 6) is -0.0670. The summed E-state index contributed by atoms with van der Waals surface area (Å²) in [5.41, 5.74) is 2.67. The highest BCUT2D eigenvalue weighted by atomic mass is 79.9. The molecule has 9 heteroatoms. The zero-order chi connectivity index (χ0) is 17.8. The molecule has 0 fully saturated rings. The van der Waals surface area contributed by atoms with Gasteiger partial charge in [0.15, 0.2) is 0 Å². The summed E-state index contributed by atoms with van der Waals surface area (Å²) in [6.45, 7) is 5.95. The number of hydrogen-bond acceptors (Lipinski definition) is 4. The Morgan fingerprint density at radius 1 is 1.16 bits per heavy atom. The molecule has 132 valence electrons. The molecule has 3 heterocycles. The number of nitrogens with one attached hydrogen (secondary N) is 1. The van der Waals surface area contributed by atoms with Crippen LogP contribution in [0.15, 0.2) is 35.5 Å². The average Bonchev–Trinajstić information content (AvgIpc) is 3.28. The highest BCUT2D eigenvalue weighted by molar-refractivity contribution is 9.10. The fraction of sp³-hybridized carbons (Fsp3) is 0.375. The Bertz CT molecular complexity index is 844. The topological polar surface area (TPSA) is 82.6 Å². The van der Waals surface area contributed by atoms with Crippen molar-refractivity contribution in [1.82, 2.24) is 29.3 Å². The number of halogens is 1. The molecular formula is C16H20BrN7O. The number of rotatable bonds is 7. The van der Waals surface area contributed by atoms with Crippen molar-refractivity contribution in [2.75, 3.05) is 5.32 Å². The molecule has 0 aliphatic rings. The molecule has 0 aromatic carbocycles. The molecule has 1 amide bonds. The summed E-state index contributed by atoms with van der Waals surface area (Å²) in [4.78, 5) is 12.1. The van der Waals surface area contributed by atoms with Crippen LogP contribution in [-0.4, -0.2) is 35.2 Å². The minimum Gasteiger partial charge on any atom is -0.323 e. The zero-order valence-corrected chi connectivity index (χ0v) is 15.8. The van der Waals surface area contributed by atoms with Crippen LogP contribution in [0.1, 0.15) is 24.6 Å². The van der Waals surface area contributed by atoms with Gasteiger partial charge in [0.25, 0.3) is 0 Å². The van der Waals surface area contributed by atoms with E-state index in [0.29, 0.717) is 25.2 Å². The molecule has 0 saturated carbocycles. The smallest absolute Gasteiger partial charge is 0.226 e. The van der Waals surface area contributed by atoms with Gasteiger partial charge < -0.3 is 5.32 Å². The molecule has 0 aliphatic heterocycles. The molecule has 3 aromatic rings. The minimum absolute atomic E-state index is 0.0670. The first-order chi connectivity index (χ1) is 12.0. The predicted octanol–water partition coefficient (Wildman–Crippen LogP) is 2.44. The van der Waals surface area contributed by atoms with E-state index in [1.807, 2.05) is 43.3 Å². The fourth-order valence-corrected chi connectivity index (χ4v) is 2.73. The van der Waals surface area contributed by atoms with E-state index in [2.05, 4.69) is 36.5 Å². The van der Waals surface area contributed by atoms with Gasteiger partial charge in [0.2, 0.25) is 5.91 Å². The minimum atomic E-state index is -0.0670. The Morgan fingerprint density at radius 3 is 2.64 bits per heavy atom. The fourth-order valence-electron chi connectivity index (χ4n) is 2.41. The number of aromatic nitrogens is 6. The maximum absolute atomic E-state index is 12.1. The Kier molecular flexibility index (Phi) is 5.32. The van der Waals surface area contributed by atoms with Crippen molar-refractivity contribution in [2.45, 2.75) is 39.9 Å². The van der Waals surface area contributed by atoms with Crippen molar-refractivity contribution in [2.24, 2.45) is 0 Å². The standard InChI is InChI=1S/C16H20BrN7O/c1-3-22-8-13(6-18-22)9-24-10-14(7-19-24)20-16(25)4-5-23-11-15(17)12(2)21-23/h6-8,10-11H,3-5,9H2,1-2H3,(H,20,25). The first-order valence-electron chi connectivity index (χ1n) is 8.06. The summed E-state index contributed by atoms with van der Waals surface area (Å²) in [5, 5.41) is 15.7. The monoisotopic (exact) mass is 405 g/mol. The van der Waals surface area contributed by atoms with Crippen LogP contribution in [0.3, 0.4) is 0 Å². The SMILES string of the molecule is CCn1cc(Cn2cc(NC(=O)CCn3cc(Br)c(C)n3)cn2)cn1. The zero-order valence-electron chi connectivity index (χ0n) is 14.2. The van der Waals surface area contributed by atoms with Crippen molar-refractivity contribution in [3.05, 3.63) is 46.7 Å². The van der Waals surface area contributed by atoms with Gasteiger partial charge in [0.05, 0.1) is 34.8 Å². The van der Waals surface area contributed by atoms with E-state index in [9.17, 15) is 4.79 Å². The van der Waals surface area contributed by atoms with Crippen LogP contribution >= 0.6 is 15.9 Å². The normalized spacial score (nSPS) is 11.0. The van der Waals surface area contributed by atoms with E-state index in [1.54, 1.807) is 15.6 Å². The van der Waals surface area contributed by atoms with E-state index in [-0.39, 0.29) is 5.91 Å². The van der Waals surface area contributed by atoms with Crippen LogP contribution in [0.5, 0.6) is 0 Å². The molecule has 1 N–H and O–H groups in total. The largest absolute Gasteiger partial charge is 0.323 e. The van der Waals surface area contributed by atoms with E-state index in [1.165, 1.54) is 0 Å². The van der Waals surface area contributed by atoms with Gasteiger partial charge in [0, 0.05) is 43.7 Å². The van der Waals surface area contributed by atoms with Crippen LogP contribution in [0.2, 0.25) is 0 Å². The number of carbonyl (C=O) groups excluding carboxylic acids is 1. The van der Waals surface area contributed by atoms with Crippen LogP contribution in [-0.2, 0) is 24.4 Å². The van der Waals surface area contributed by atoms with Gasteiger partial charge in [-0.3, -0.25) is 18.8 Å². The lowest BCUT2D eigenvalue weighted by Gasteiger charge is -2.03. The molecule has 3 rings (SSSR count). The lowest BCUT2D eigenvalue weighted by molar-refractivity contribution is -0.116. The average molecular weight is 406 g/mol. The van der Waals surface area contributed by atoms with Crippen LogP contribution in [0, 0.1) is 6.92 Å².